The van der Waals surface area contributed by atoms with Gasteiger partial charge in [0.15, 0.2) is 0 Å². The summed E-state index contributed by atoms with van der Waals surface area (Å²) in [4.78, 5) is 0. The van der Waals surface area contributed by atoms with Gasteiger partial charge in [0.2, 0.25) is 0 Å². The standard InChI is InChI=1S/C17H23N3O/c1-13(12-20-9-5-8-19-20)18-11-15-7-4-6-14-10-17(2,3)21-16(14)15/h4-9,13,18H,10-12H2,1-3H3. The van der Waals surface area contributed by atoms with Crippen molar-refractivity contribution < 1.29 is 4.74 Å². The average Bonchev–Trinajstić information content (AvgIpc) is 3.01. The van der Waals surface area contributed by atoms with Gasteiger partial charge in [-0.25, -0.2) is 0 Å². The van der Waals surface area contributed by atoms with Crippen LogP contribution in [-0.2, 0) is 19.5 Å². The molecule has 0 saturated heterocycles. The highest BCUT2D eigenvalue weighted by Gasteiger charge is 2.31. The molecule has 1 N–H and O–H groups in total. The van der Waals surface area contributed by atoms with Gasteiger partial charge in [-0.3, -0.25) is 4.68 Å². The average molecular weight is 285 g/mol. The third-order valence-electron chi connectivity index (χ3n) is 3.83. The van der Waals surface area contributed by atoms with Crippen LogP contribution in [0.3, 0.4) is 0 Å². The van der Waals surface area contributed by atoms with Crippen LogP contribution in [0.15, 0.2) is 36.7 Å². The van der Waals surface area contributed by atoms with E-state index in [9.17, 15) is 0 Å². The Balaban J connectivity index is 1.63. The minimum absolute atomic E-state index is 0.0842. The molecular formula is C17H23N3O. The molecule has 1 atom stereocenters. The lowest BCUT2D eigenvalue weighted by Gasteiger charge is -2.19. The molecule has 0 radical (unpaired) electrons. The zero-order valence-corrected chi connectivity index (χ0v) is 13.0. The summed E-state index contributed by atoms with van der Waals surface area (Å²) in [5.74, 6) is 1.07. The molecule has 2 heterocycles. The zero-order chi connectivity index (χ0) is 14.9. The van der Waals surface area contributed by atoms with Crippen molar-refractivity contribution >= 4 is 0 Å². The lowest BCUT2D eigenvalue weighted by molar-refractivity contribution is 0.137. The molecule has 0 amide bonds. The van der Waals surface area contributed by atoms with E-state index in [1.54, 1.807) is 0 Å². The summed E-state index contributed by atoms with van der Waals surface area (Å²) in [5, 5.41) is 7.79. The summed E-state index contributed by atoms with van der Waals surface area (Å²) in [6.07, 6.45) is 4.79. The number of para-hydroxylation sites is 1. The van der Waals surface area contributed by atoms with Crippen molar-refractivity contribution in [2.75, 3.05) is 0 Å². The molecule has 0 bridgehead atoms. The number of aromatic nitrogens is 2. The minimum atomic E-state index is -0.0842. The highest BCUT2D eigenvalue weighted by atomic mass is 16.5. The van der Waals surface area contributed by atoms with Crippen LogP contribution < -0.4 is 10.1 Å². The number of benzene rings is 1. The van der Waals surface area contributed by atoms with Gasteiger partial charge in [-0.15, -0.1) is 0 Å². The van der Waals surface area contributed by atoms with Crippen molar-refractivity contribution in [3.05, 3.63) is 47.8 Å². The van der Waals surface area contributed by atoms with Gasteiger partial charge in [-0.05, 0) is 32.4 Å². The minimum Gasteiger partial charge on any atom is -0.487 e. The van der Waals surface area contributed by atoms with Gasteiger partial charge in [0.25, 0.3) is 0 Å². The Bertz CT molecular complexity index is 605. The van der Waals surface area contributed by atoms with Crippen LogP contribution in [0.5, 0.6) is 5.75 Å². The van der Waals surface area contributed by atoms with Crippen LogP contribution in [0.1, 0.15) is 31.9 Å². The SMILES string of the molecule is CC(Cn1cccn1)NCc1cccc2c1OC(C)(C)C2. The molecule has 0 spiro atoms. The highest BCUT2D eigenvalue weighted by molar-refractivity contribution is 5.45. The summed E-state index contributed by atoms with van der Waals surface area (Å²) in [6, 6.07) is 8.75. The number of fused-ring (bicyclic) bond motifs is 1. The molecule has 0 aliphatic carbocycles. The summed E-state index contributed by atoms with van der Waals surface area (Å²) >= 11 is 0. The van der Waals surface area contributed by atoms with Crippen LogP contribution in [0.4, 0.5) is 0 Å². The fraction of sp³-hybridized carbons (Fsp3) is 0.471. The number of nitrogens with one attached hydrogen (secondary N) is 1. The van der Waals surface area contributed by atoms with E-state index in [1.807, 2.05) is 23.1 Å². The molecule has 0 saturated carbocycles. The zero-order valence-electron chi connectivity index (χ0n) is 13.0. The topological polar surface area (TPSA) is 39.1 Å². The molecule has 4 nitrogen and oxygen atoms in total. The molecule has 4 heteroatoms. The number of ether oxygens (including phenoxy) is 1. The lowest BCUT2D eigenvalue weighted by atomic mass is 10.0. The van der Waals surface area contributed by atoms with Gasteiger partial charge in [0, 0.05) is 37.0 Å². The van der Waals surface area contributed by atoms with Crippen LogP contribution in [0.2, 0.25) is 0 Å². The summed E-state index contributed by atoms with van der Waals surface area (Å²) in [7, 11) is 0. The fourth-order valence-corrected chi connectivity index (χ4v) is 2.86. The summed E-state index contributed by atoms with van der Waals surface area (Å²) < 4.78 is 8.06. The van der Waals surface area contributed by atoms with E-state index in [-0.39, 0.29) is 5.60 Å². The van der Waals surface area contributed by atoms with Gasteiger partial charge in [-0.1, -0.05) is 18.2 Å². The monoisotopic (exact) mass is 285 g/mol. The molecule has 112 valence electrons. The van der Waals surface area contributed by atoms with E-state index in [4.69, 9.17) is 4.74 Å². The van der Waals surface area contributed by atoms with Gasteiger partial charge in [0.1, 0.15) is 11.4 Å². The maximum Gasteiger partial charge on any atom is 0.127 e. The van der Waals surface area contributed by atoms with E-state index in [2.05, 4.69) is 49.4 Å². The molecular weight excluding hydrogens is 262 g/mol. The molecule has 1 unspecified atom stereocenters. The highest BCUT2D eigenvalue weighted by Crippen LogP contribution is 2.37. The van der Waals surface area contributed by atoms with Crippen molar-refractivity contribution in [3.8, 4) is 5.75 Å². The fourth-order valence-electron chi connectivity index (χ4n) is 2.86. The van der Waals surface area contributed by atoms with Crippen molar-refractivity contribution in [2.45, 2.75) is 51.9 Å². The van der Waals surface area contributed by atoms with Crippen molar-refractivity contribution in [2.24, 2.45) is 0 Å². The molecule has 3 rings (SSSR count). The van der Waals surface area contributed by atoms with Gasteiger partial charge in [0.05, 0.1) is 6.54 Å². The molecule has 21 heavy (non-hydrogen) atoms. The van der Waals surface area contributed by atoms with E-state index in [0.29, 0.717) is 6.04 Å². The molecule has 1 aromatic heterocycles. The first-order valence-electron chi connectivity index (χ1n) is 7.54. The Morgan fingerprint density at radius 1 is 1.38 bits per heavy atom. The van der Waals surface area contributed by atoms with E-state index in [0.717, 1.165) is 25.3 Å². The Morgan fingerprint density at radius 2 is 2.24 bits per heavy atom. The maximum atomic E-state index is 6.11. The molecule has 2 aromatic rings. The van der Waals surface area contributed by atoms with Gasteiger partial charge in [-0.2, -0.15) is 5.10 Å². The lowest BCUT2D eigenvalue weighted by Crippen LogP contribution is -2.30. The molecule has 1 aromatic carbocycles. The van der Waals surface area contributed by atoms with Crippen LogP contribution >= 0.6 is 0 Å². The Labute approximate surface area is 126 Å². The van der Waals surface area contributed by atoms with E-state index >= 15 is 0 Å². The second-order valence-corrected chi connectivity index (χ2v) is 6.45. The Morgan fingerprint density at radius 3 is 3.00 bits per heavy atom. The van der Waals surface area contributed by atoms with Gasteiger partial charge < -0.3 is 10.1 Å². The molecule has 1 aliphatic heterocycles. The number of nitrogens with zero attached hydrogens (tertiary/aromatic N) is 2. The van der Waals surface area contributed by atoms with Crippen molar-refractivity contribution in [1.82, 2.24) is 15.1 Å². The number of hydrogen-bond donors (Lipinski definition) is 1. The number of rotatable bonds is 5. The first-order valence-corrected chi connectivity index (χ1v) is 7.54. The normalized spacial score (nSPS) is 17.3. The predicted octanol–water partition coefficient (Wildman–Crippen LogP) is 2.77. The summed E-state index contributed by atoms with van der Waals surface area (Å²) in [5.41, 5.74) is 2.48. The second kappa shape index (κ2) is 5.53. The maximum absolute atomic E-state index is 6.11. The third-order valence-corrected chi connectivity index (χ3v) is 3.83. The van der Waals surface area contributed by atoms with Crippen LogP contribution in [0.25, 0.3) is 0 Å². The largest absolute Gasteiger partial charge is 0.487 e. The van der Waals surface area contributed by atoms with Crippen molar-refractivity contribution in [1.29, 1.82) is 0 Å². The first kappa shape index (κ1) is 14.1. The second-order valence-electron chi connectivity index (χ2n) is 6.45. The molecule has 1 aliphatic rings. The van der Waals surface area contributed by atoms with E-state index < -0.39 is 0 Å². The van der Waals surface area contributed by atoms with Gasteiger partial charge >= 0.3 is 0 Å². The predicted molar refractivity (Wildman–Crippen MR) is 83.4 cm³/mol. The summed E-state index contributed by atoms with van der Waals surface area (Å²) in [6.45, 7) is 8.15. The third kappa shape index (κ3) is 3.27. The smallest absolute Gasteiger partial charge is 0.127 e. The van der Waals surface area contributed by atoms with Crippen LogP contribution in [0, 0.1) is 0 Å². The van der Waals surface area contributed by atoms with Crippen LogP contribution in [-0.4, -0.2) is 21.4 Å². The quantitative estimate of drug-likeness (QED) is 0.918. The van der Waals surface area contributed by atoms with Crippen molar-refractivity contribution in [3.63, 3.8) is 0 Å². The Kier molecular flexibility index (Phi) is 3.72. The first-order chi connectivity index (χ1) is 10.0. The molecule has 0 fully saturated rings. The number of hydrogen-bond acceptors (Lipinski definition) is 3. The Hall–Kier alpha value is -1.81. The van der Waals surface area contributed by atoms with E-state index in [1.165, 1.54) is 11.1 Å².